The number of carboxylic acids is 1. The molecule has 0 spiro atoms. The molecular formula is C21H24ClN5O4S. The van der Waals surface area contributed by atoms with Crippen LogP contribution in [-0.4, -0.2) is 62.0 Å². The number of aromatic nitrogens is 3. The average Bonchev–Trinajstić information content (AvgIpc) is 3.48. The molecule has 0 atom stereocenters. The van der Waals surface area contributed by atoms with Gasteiger partial charge in [-0.1, -0.05) is 16.8 Å². The number of thiophene rings is 1. The first-order valence-corrected chi connectivity index (χ1v) is 11.6. The Kier molecular flexibility index (Phi) is 6.63. The fourth-order valence-electron chi connectivity index (χ4n) is 3.75. The van der Waals surface area contributed by atoms with Crippen LogP contribution in [0.3, 0.4) is 0 Å². The molecule has 0 aromatic carbocycles. The molecule has 1 aliphatic rings. The summed E-state index contributed by atoms with van der Waals surface area (Å²) in [5.74, 6) is -0.996. The van der Waals surface area contributed by atoms with Gasteiger partial charge < -0.3 is 19.8 Å². The largest absolute Gasteiger partial charge is 0.476 e. The van der Waals surface area contributed by atoms with Crippen molar-refractivity contribution in [2.75, 3.05) is 13.1 Å². The molecule has 0 radical (unpaired) electrons. The molecule has 0 aliphatic carbocycles. The minimum atomic E-state index is -1.20. The number of aromatic carboxylic acids is 1. The minimum absolute atomic E-state index is 0.0383. The predicted octanol–water partition coefficient (Wildman–Crippen LogP) is 3.60. The highest BCUT2D eigenvalue weighted by molar-refractivity contribution is 7.19. The second kappa shape index (κ2) is 9.43. The van der Waals surface area contributed by atoms with Crippen molar-refractivity contribution in [2.24, 2.45) is 0 Å². The number of rotatable bonds is 7. The SMILES string of the molecule is CC(C)N1CCC(NC(=O)c2cc(C(=O)O)nn2Cc2cc(-c3ccc(Cl)s3)on2)CC1. The van der Waals surface area contributed by atoms with Crippen LogP contribution in [0.4, 0.5) is 0 Å². The molecule has 0 bridgehead atoms. The fourth-order valence-corrected chi connectivity index (χ4v) is 4.74. The molecule has 170 valence electrons. The van der Waals surface area contributed by atoms with Crippen LogP contribution in [0.1, 0.15) is 53.4 Å². The molecule has 1 fully saturated rings. The molecule has 2 N–H and O–H groups in total. The molecule has 1 saturated heterocycles. The summed E-state index contributed by atoms with van der Waals surface area (Å²) in [6, 6.07) is 7.14. The van der Waals surface area contributed by atoms with E-state index in [0.717, 1.165) is 30.8 Å². The van der Waals surface area contributed by atoms with Gasteiger partial charge in [0, 0.05) is 37.3 Å². The van der Waals surface area contributed by atoms with Crippen LogP contribution in [-0.2, 0) is 6.54 Å². The normalized spacial score (nSPS) is 15.4. The Morgan fingerprint density at radius 1 is 1.31 bits per heavy atom. The summed E-state index contributed by atoms with van der Waals surface area (Å²) >= 11 is 7.34. The van der Waals surface area contributed by atoms with E-state index < -0.39 is 5.97 Å². The molecule has 0 unspecified atom stereocenters. The highest BCUT2D eigenvalue weighted by Crippen LogP contribution is 2.31. The van der Waals surface area contributed by atoms with Crippen LogP contribution in [0.15, 0.2) is 28.8 Å². The summed E-state index contributed by atoms with van der Waals surface area (Å²) in [4.78, 5) is 27.6. The van der Waals surface area contributed by atoms with Crippen molar-refractivity contribution in [2.45, 2.75) is 45.3 Å². The van der Waals surface area contributed by atoms with E-state index in [4.69, 9.17) is 16.1 Å². The third kappa shape index (κ3) is 5.03. The quantitative estimate of drug-likeness (QED) is 0.534. The number of halogens is 1. The molecule has 4 heterocycles. The van der Waals surface area contributed by atoms with Gasteiger partial charge in [0.1, 0.15) is 11.4 Å². The molecule has 11 heteroatoms. The summed E-state index contributed by atoms with van der Waals surface area (Å²) < 4.78 is 7.37. The maximum Gasteiger partial charge on any atom is 0.356 e. The smallest absolute Gasteiger partial charge is 0.356 e. The number of piperidine rings is 1. The van der Waals surface area contributed by atoms with Crippen molar-refractivity contribution in [1.29, 1.82) is 0 Å². The highest BCUT2D eigenvalue weighted by atomic mass is 35.5. The van der Waals surface area contributed by atoms with Crippen molar-refractivity contribution in [3.8, 4) is 10.6 Å². The van der Waals surface area contributed by atoms with E-state index in [1.54, 1.807) is 12.1 Å². The Morgan fingerprint density at radius 2 is 2.06 bits per heavy atom. The van der Waals surface area contributed by atoms with Gasteiger partial charge >= 0.3 is 5.97 Å². The van der Waals surface area contributed by atoms with Crippen LogP contribution in [0, 0.1) is 0 Å². The average molecular weight is 478 g/mol. The van der Waals surface area contributed by atoms with E-state index in [1.165, 1.54) is 22.1 Å². The van der Waals surface area contributed by atoms with Crippen molar-refractivity contribution in [3.05, 3.63) is 45.7 Å². The first kappa shape index (κ1) is 22.5. The number of amides is 1. The monoisotopic (exact) mass is 477 g/mol. The number of hydrogen-bond donors (Lipinski definition) is 2. The van der Waals surface area contributed by atoms with Crippen molar-refractivity contribution < 1.29 is 19.2 Å². The number of likely N-dealkylation sites (tertiary alicyclic amines) is 1. The van der Waals surface area contributed by atoms with Gasteiger partial charge in [-0.25, -0.2) is 4.79 Å². The first-order chi connectivity index (χ1) is 15.3. The maximum atomic E-state index is 13.0. The second-order valence-corrected chi connectivity index (χ2v) is 9.76. The Morgan fingerprint density at radius 3 is 2.69 bits per heavy atom. The number of carbonyl (C=O) groups is 2. The van der Waals surface area contributed by atoms with Gasteiger partial charge in [-0.2, -0.15) is 5.10 Å². The number of carboxylic acid groups (broad SMARTS) is 1. The van der Waals surface area contributed by atoms with Gasteiger partial charge in [-0.15, -0.1) is 11.3 Å². The summed E-state index contributed by atoms with van der Waals surface area (Å²) in [7, 11) is 0. The van der Waals surface area contributed by atoms with Gasteiger partial charge in [0.15, 0.2) is 11.5 Å². The first-order valence-electron chi connectivity index (χ1n) is 10.4. The Labute approximate surface area is 193 Å². The zero-order chi connectivity index (χ0) is 22.8. The Bertz CT molecular complexity index is 1110. The summed E-state index contributed by atoms with van der Waals surface area (Å²) in [6.07, 6.45) is 1.69. The lowest BCUT2D eigenvalue weighted by Gasteiger charge is -2.34. The van der Waals surface area contributed by atoms with E-state index in [2.05, 4.69) is 34.3 Å². The number of carbonyl (C=O) groups excluding carboxylic acids is 1. The topological polar surface area (TPSA) is 113 Å². The summed E-state index contributed by atoms with van der Waals surface area (Å²) in [5, 5.41) is 20.5. The van der Waals surface area contributed by atoms with E-state index in [-0.39, 0.29) is 29.9 Å². The molecule has 4 rings (SSSR count). The van der Waals surface area contributed by atoms with Crippen LogP contribution in [0.2, 0.25) is 4.34 Å². The van der Waals surface area contributed by atoms with Crippen LogP contribution >= 0.6 is 22.9 Å². The van der Waals surface area contributed by atoms with Crippen LogP contribution in [0.25, 0.3) is 10.6 Å². The Hall–Kier alpha value is -2.69. The van der Waals surface area contributed by atoms with E-state index in [1.807, 2.05) is 6.07 Å². The van der Waals surface area contributed by atoms with Gasteiger partial charge in [0.2, 0.25) is 0 Å². The summed E-state index contributed by atoms with van der Waals surface area (Å²) in [6.45, 7) is 6.25. The van der Waals surface area contributed by atoms with Gasteiger partial charge in [-0.3, -0.25) is 9.48 Å². The highest BCUT2D eigenvalue weighted by Gasteiger charge is 2.25. The minimum Gasteiger partial charge on any atom is -0.476 e. The number of nitrogens with zero attached hydrogens (tertiary/aromatic N) is 4. The van der Waals surface area contributed by atoms with Gasteiger partial charge in [0.25, 0.3) is 5.91 Å². The number of nitrogens with one attached hydrogen (secondary N) is 1. The van der Waals surface area contributed by atoms with Gasteiger partial charge in [-0.05, 0) is 38.8 Å². The zero-order valence-corrected chi connectivity index (χ0v) is 19.3. The Balaban J connectivity index is 1.49. The maximum absolute atomic E-state index is 13.0. The van der Waals surface area contributed by atoms with Crippen LogP contribution in [0.5, 0.6) is 0 Å². The van der Waals surface area contributed by atoms with E-state index in [9.17, 15) is 14.7 Å². The molecular weight excluding hydrogens is 454 g/mol. The van der Waals surface area contributed by atoms with Crippen molar-refractivity contribution in [1.82, 2.24) is 25.2 Å². The van der Waals surface area contributed by atoms with Crippen molar-refractivity contribution >= 4 is 34.8 Å². The standard InChI is InChI=1S/C21H24ClN5O4S/c1-12(2)26-7-5-13(6-8-26)23-20(28)16-10-15(21(29)30)24-27(16)11-14-9-17(31-25-14)18-3-4-19(22)32-18/h3-4,9-10,12-13H,5-8,11H2,1-2H3,(H,23,28)(H,29,30). The molecule has 3 aromatic heterocycles. The molecule has 3 aromatic rings. The predicted molar refractivity (Wildman–Crippen MR) is 120 cm³/mol. The summed E-state index contributed by atoms with van der Waals surface area (Å²) in [5.41, 5.74) is 0.500. The number of hydrogen-bond acceptors (Lipinski definition) is 7. The van der Waals surface area contributed by atoms with Crippen molar-refractivity contribution in [3.63, 3.8) is 0 Å². The molecule has 0 saturated carbocycles. The third-order valence-corrected chi connectivity index (χ3v) is 6.76. The lowest BCUT2D eigenvalue weighted by Crippen LogP contribution is -2.46. The van der Waals surface area contributed by atoms with Crippen LogP contribution < -0.4 is 5.32 Å². The molecule has 1 amide bonds. The zero-order valence-electron chi connectivity index (χ0n) is 17.7. The fraction of sp³-hybridized carbons (Fsp3) is 0.429. The molecule has 1 aliphatic heterocycles. The third-order valence-electron chi connectivity index (χ3n) is 5.51. The molecule has 9 nitrogen and oxygen atoms in total. The lowest BCUT2D eigenvalue weighted by atomic mass is 10.0. The van der Waals surface area contributed by atoms with E-state index in [0.29, 0.717) is 21.8 Å². The van der Waals surface area contributed by atoms with Gasteiger partial charge in [0.05, 0.1) is 15.8 Å². The second-order valence-electron chi connectivity index (χ2n) is 8.04. The van der Waals surface area contributed by atoms with E-state index >= 15 is 0 Å². The lowest BCUT2D eigenvalue weighted by molar-refractivity contribution is 0.0689. The molecule has 32 heavy (non-hydrogen) atoms.